The summed E-state index contributed by atoms with van der Waals surface area (Å²) in [7, 11) is 0. The summed E-state index contributed by atoms with van der Waals surface area (Å²) in [5, 5.41) is 2.43. The normalized spacial score (nSPS) is 20.5. The first-order chi connectivity index (χ1) is 15.5. The Hall–Kier alpha value is -2.61. The highest BCUT2D eigenvalue weighted by molar-refractivity contribution is 7.14. The summed E-state index contributed by atoms with van der Waals surface area (Å²) in [5.41, 5.74) is 1.47. The van der Waals surface area contributed by atoms with Crippen LogP contribution in [0.5, 0.6) is 0 Å². The molecule has 1 saturated carbocycles. The highest BCUT2D eigenvalue weighted by Gasteiger charge is 2.47. The van der Waals surface area contributed by atoms with Gasteiger partial charge < -0.3 is 0 Å². The minimum absolute atomic E-state index is 0.0894. The van der Waals surface area contributed by atoms with Gasteiger partial charge in [0.1, 0.15) is 5.82 Å². The summed E-state index contributed by atoms with van der Waals surface area (Å²) < 4.78 is 13.2. The molecule has 170 valence electrons. The van der Waals surface area contributed by atoms with E-state index in [1.807, 2.05) is 5.38 Å². The molecule has 2 heterocycles. The van der Waals surface area contributed by atoms with Crippen LogP contribution in [0.15, 0.2) is 29.6 Å². The third-order valence-corrected chi connectivity index (χ3v) is 7.24. The number of thiazole rings is 1. The van der Waals surface area contributed by atoms with Gasteiger partial charge in [-0.05, 0) is 43.5 Å². The molecule has 0 bridgehead atoms. The number of hydrogen-bond acceptors (Lipinski definition) is 5. The van der Waals surface area contributed by atoms with E-state index in [9.17, 15) is 18.8 Å². The zero-order chi connectivity index (χ0) is 22.7. The molecule has 2 aliphatic rings. The van der Waals surface area contributed by atoms with E-state index in [0.717, 1.165) is 44.1 Å². The van der Waals surface area contributed by atoms with Crippen LogP contribution in [-0.4, -0.2) is 40.7 Å². The van der Waals surface area contributed by atoms with Gasteiger partial charge in [0.25, 0.3) is 0 Å². The summed E-state index contributed by atoms with van der Waals surface area (Å²) in [6, 6.07) is 6.10. The van der Waals surface area contributed by atoms with Crippen molar-refractivity contribution in [1.29, 1.82) is 0 Å². The molecule has 1 aliphatic heterocycles. The second-order valence-electron chi connectivity index (χ2n) is 8.50. The number of aromatic nitrogens is 1. The van der Waals surface area contributed by atoms with E-state index >= 15 is 0 Å². The maximum absolute atomic E-state index is 13.2. The van der Waals surface area contributed by atoms with Gasteiger partial charge in [0, 0.05) is 30.5 Å². The predicted molar refractivity (Wildman–Crippen MR) is 122 cm³/mol. The fraction of sp³-hybridized carbons (Fsp3) is 0.500. The maximum atomic E-state index is 13.2. The number of rotatable bonds is 8. The number of unbranched alkanes of at least 4 members (excludes halogenated alkanes) is 1. The van der Waals surface area contributed by atoms with Crippen molar-refractivity contribution in [3.8, 4) is 11.3 Å². The summed E-state index contributed by atoms with van der Waals surface area (Å²) in [6.45, 7) is 2.71. The number of carbonyl (C=O) groups excluding carboxylic acids is 3. The van der Waals surface area contributed by atoms with Crippen LogP contribution in [0.4, 0.5) is 9.52 Å². The smallest absolute Gasteiger partial charge is 0.233 e. The Morgan fingerprint density at radius 3 is 2.44 bits per heavy atom. The number of nitrogens with zero attached hydrogens (tertiary/aromatic N) is 3. The van der Waals surface area contributed by atoms with Gasteiger partial charge in [-0.15, -0.1) is 11.3 Å². The van der Waals surface area contributed by atoms with Gasteiger partial charge in [0.05, 0.1) is 17.5 Å². The number of imide groups is 1. The van der Waals surface area contributed by atoms with Crippen molar-refractivity contribution in [3.63, 3.8) is 0 Å². The number of halogens is 1. The van der Waals surface area contributed by atoms with Crippen molar-refractivity contribution in [2.45, 2.75) is 51.9 Å². The number of amides is 3. The van der Waals surface area contributed by atoms with E-state index < -0.39 is 0 Å². The Morgan fingerprint density at radius 1 is 1.16 bits per heavy atom. The number of benzene rings is 1. The largest absolute Gasteiger partial charge is 0.288 e. The first kappa shape index (κ1) is 22.6. The molecular weight excluding hydrogens is 429 g/mol. The van der Waals surface area contributed by atoms with Crippen LogP contribution in [0.2, 0.25) is 0 Å². The predicted octanol–water partition coefficient (Wildman–Crippen LogP) is 4.65. The van der Waals surface area contributed by atoms with Gasteiger partial charge in [-0.25, -0.2) is 9.37 Å². The van der Waals surface area contributed by atoms with E-state index in [2.05, 4.69) is 11.9 Å². The Kier molecular flexibility index (Phi) is 6.98. The molecule has 32 heavy (non-hydrogen) atoms. The molecule has 0 spiro atoms. The van der Waals surface area contributed by atoms with Gasteiger partial charge in [0.15, 0.2) is 5.13 Å². The lowest BCUT2D eigenvalue weighted by Crippen LogP contribution is -2.38. The molecule has 0 N–H and O–H groups in total. The fourth-order valence-corrected chi connectivity index (χ4v) is 5.46. The van der Waals surface area contributed by atoms with E-state index in [-0.39, 0.29) is 48.3 Å². The second-order valence-corrected chi connectivity index (χ2v) is 9.33. The van der Waals surface area contributed by atoms with Gasteiger partial charge in [-0.2, -0.15) is 0 Å². The Bertz CT molecular complexity index is 967. The molecule has 2 aromatic rings. The molecule has 1 aromatic heterocycles. The Labute approximate surface area is 191 Å². The van der Waals surface area contributed by atoms with Crippen molar-refractivity contribution >= 4 is 34.2 Å². The molecule has 8 heteroatoms. The molecule has 3 amide bonds. The van der Waals surface area contributed by atoms with E-state index in [0.29, 0.717) is 17.4 Å². The Balaban J connectivity index is 1.45. The lowest BCUT2D eigenvalue weighted by molar-refractivity contribution is -0.140. The highest BCUT2D eigenvalue weighted by atomic mass is 32.1. The number of likely N-dealkylation sites (tertiary alicyclic amines) is 1. The molecule has 2 atom stereocenters. The zero-order valence-electron chi connectivity index (χ0n) is 18.3. The zero-order valence-corrected chi connectivity index (χ0v) is 19.1. The SMILES string of the molecule is CCCCN(C(=O)CCN1C(=O)[C@H]2CCCC[C@@H]2C1=O)c1nc(-c2ccc(F)cc2)cs1. The molecule has 6 nitrogen and oxygen atoms in total. The molecule has 1 saturated heterocycles. The molecule has 0 unspecified atom stereocenters. The first-order valence-electron chi connectivity index (χ1n) is 11.4. The lowest BCUT2D eigenvalue weighted by Gasteiger charge is -2.21. The van der Waals surface area contributed by atoms with Crippen molar-refractivity contribution in [3.05, 3.63) is 35.5 Å². The van der Waals surface area contributed by atoms with Crippen molar-refractivity contribution < 1.29 is 18.8 Å². The van der Waals surface area contributed by atoms with Crippen LogP contribution in [-0.2, 0) is 14.4 Å². The summed E-state index contributed by atoms with van der Waals surface area (Å²) >= 11 is 1.36. The van der Waals surface area contributed by atoms with Gasteiger partial charge in [-0.3, -0.25) is 24.2 Å². The van der Waals surface area contributed by atoms with Crippen LogP contribution < -0.4 is 4.90 Å². The van der Waals surface area contributed by atoms with Crippen LogP contribution in [0, 0.1) is 17.7 Å². The minimum Gasteiger partial charge on any atom is -0.288 e. The number of fused-ring (bicyclic) bond motifs is 1. The van der Waals surface area contributed by atoms with Crippen molar-refractivity contribution in [1.82, 2.24) is 9.88 Å². The van der Waals surface area contributed by atoms with Crippen molar-refractivity contribution in [2.75, 3.05) is 18.0 Å². The van der Waals surface area contributed by atoms with Crippen LogP contribution >= 0.6 is 11.3 Å². The van der Waals surface area contributed by atoms with Gasteiger partial charge in [0.2, 0.25) is 17.7 Å². The van der Waals surface area contributed by atoms with Crippen LogP contribution in [0.25, 0.3) is 11.3 Å². The second kappa shape index (κ2) is 9.90. The monoisotopic (exact) mass is 457 g/mol. The summed E-state index contributed by atoms with van der Waals surface area (Å²) in [4.78, 5) is 46.1. The number of anilines is 1. The molecular formula is C24H28FN3O3S. The van der Waals surface area contributed by atoms with E-state index in [1.54, 1.807) is 17.0 Å². The van der Waals surface area contributed by atoms with E-state index in [4.69, 9.17) is 0 Å². The Morgan fingerprint density at radius 2 is 1.81 bits per heavy atom. The third-order valence-electron chi connectivity index (χ3n) is 6.38. The molecule has 1 aromatic carbocycles. The quantitative estimate of drug-likeness (QED) is 0.541. The maximum Gasteiger partial charge on any atom is 0.233 e. The minimum atomic E-state index is -0.310. The average Bonchev–Trinajstić information content (AvgIpc) is 3.37. The van der Waals surface area contributed by atoms with Crippen LogP contribution in [0.1, 0.15) is 51.9 Å². The first-order valence-corrected chi connectivity index (χ1v) is 12.2. The summed E-state index contributed by atoms with van der Waals surface area (Å²) in [5.74, 6) is -1.07. The fourth-order valence-electron chi connectivity index (χ4n) is 4.58. The van der Waals surface area contributed by atoms with E-state index in [1.165, 1.54) is 28.4 Å². The topological polar surface area (TPSA) is 70.6 Å². The molecule has 0 radical (unpaired) electrons. The third kappa shape index (κ3) is 4.60. The highest BCUT2D eigenvalue weighted by Crippen LogP contribution is 2.38. The van der Waals surface area contributed by atoms with Gasteiger partial charge in [-0.1, -0.05) is 26.2 Å². The number of hydrogen-bond donors (Lipinski definition) is 0. The molecule has 4 rings (SSSR count). The lowest BCUT2D eigenvalue weighted by atomic mass is 9.81. The van der Waals surface area contributed by atoms with Crippen LogP contribution in [0.3, 0.4) is 0 Å². The standard InChI is InChI=1S/C24H28FN3O3S/c1-2-3-13-27(24-26-20(15-32-24)16-8-10-17(25)11-9-16)21(29)12-14-28-22(30)18-6-4-5-7-19(18)23(28)31/h8-11,15,18-19H,2-7,12-14H2,1H3/t18-,19-/m0/s1. The number of carbonyl (C=O) groups is 3. The molecule has 2 fully saturated rings. The van der Waals surface area contributed by atoms with Gasteiger partial charge >= 0.3 is 0 Å². The average molecular weight is 458 g/mol. The summed E-state index contributed by atoms with van der Waals surface area (Å²) in [6.07, 6.45) is 5.35. The van der Waals surface area contributed by atoms with Crippen molar-refractivity contribution in [2.24, 2.45) is 11.8 Å². The molecule has 1 aliphatic carbocycles.